The molecule has 0 saturated carbocycles. The number of methoxy groups -OCH3 is 2. The van der Waals surface area contributed by atoms with Gasteiger partial charge in [0, 0.05) is 5.92 Å². The standard InChI is InChI=1S/C27H23N3O6/c1-4-36-19-11-9-18(10-12-19)23-21(26(33)35-3)24(31)20(25(32)34-2)22(27(23,14-29)15-30)17-7-5-16(13-28)6-8-17/h5-12,21-23,31H,4H2,1-3H3/t21-,22+,23-/m1/s1. The van der Waals surface area contributed by atoms with E-state index < -0.39 is 46.4 Å². The van der Waals surface area contributed by atoms with E-state index >= 15 is 0 Å². The molecule has 0 bridgehead atoms. The van der Waals surface area contributed by atoms with Crippen LogP contribution < -0.4 is 4.74 Å². The fourth-order valence-electron chi connectivity index (χ4n) is 4.72. The van der Waals surface area contributed by atoms with Crippen LogP contribution in [0.15, 0.2) is 59.9 Å². The second kappa shape index (κ2) is 10.6. The van der Waals surface area contributed by atoms with Crippen molar-refractivity contribution in [1.82, 2.24) is 0 Å². The topological polar surface area (TPSA) is 153 Å². The Labute approximate surface area is 208 Å². The van der Waals surface area contributed by atoms with Crippen molar-refractivity contribution < 1.29 is 28.9 Å². The second-order valence-corrected chi connectivity index (χ2v) is 8.03. The van der Waals surface area contributed by atoms with Gasteiger partial charge in [-0.1, -0.05) is 24.3 Å². The summed E-state index contributed by atoms with van der Waals surface area (Å²) in [4.78, 5) is 25.9. The maximum Gasteiger partial charge on any atom is 0.337 e. The largest absolute Gasteiger partial charge is 0.511 e. The van der Waals surface area contributed by atoms with Crippen molar-refractivity contribution in [2.75, 3.05) is 20.8 Å². The molecule has 1 N–H and O–H groups in total. The Morgan fingerprint density at radius 1 is 0.944 bits per heavy atom. The van der Waals surface area contributed by atoms with E-state index in [-0.39, 0.29) is 0 Å². The van der Waals surface area contributed by atoms with Gasteiger partial charge in [0.2, 0.25) is 0 Å². The molecule has 3 atom stereocenters. The third-order valence-electron chi connectivity index (χ3n) is 6.29. The Kier molecular flexibility index (Phi) is 7.62. The summed E-state index contributed by atoms with van der Waals surface area (Å²) < 4.78 is 15.3. The molecule has 0 saturated heterocycles. The van der Waals surface area contributed by atoms with Crippen molar-refractivity contribution in [2.24, 2.45) is 11.3 Å². The first-order valence-corrected chi connectivity index (χ1v) is 11.0. The highest BCUT2D eigenvalue weighted by Crippen LogP contribution is 2.59. The Balaban J connectivity index is 2.42. The van der Waals surface area contributed by atoms with Crippen LogP contribution in [-0.2, 0) is 19.1 Å². The Bertz CT molecular complexity index is 1300. The van der Waals surface area contributed by atoms with Crippen molar-refractivity contribution in [3.05, 3.63) is 76.6 Å². The van der Waals surface area contributed by atoms with Gasteiger partial charge in [0.1, 0.15) is 17.4 Å². The van der Waals surface area contributed by atoms with Gasteiger partial charge in [-0.25, -0.2) is 4.79 Å². The molecule has 36 heavy (non-hydrogen) atoms. The third-order valence-corrected chi connectivity index (χ3v) is 6.29. The number of ether oxygens (including phenoxy) is 3. The number of carbonyl (C=O) groups excluding carboxylic acids is 2. The highest BCUT2D eigenvalue weighted by atomic mass is 16.5. The molecule has 2 aromatic rings. The predicted molar refractivity (Wildman–Crippen MR) is 125 cm³/mol. The highest BCUT2D eigenvalue weighted by Gasteiger charge is 2.61. The summed E-state index contributed by atoms with van der Waals surface area (Å²) in [6, 6.07) is 18.5. The molecule has 0 radical (unpaired) electrons. The first-order valence-electron chi connectivity index (χ1n) is 11.0. The monoisotopic (exact) mass is 485 g/mol. The van der Waals surface area contributed by atoms with Crippen molar-refractivity contribution in [2.45, 2.75) is 18.8 Å². The number of esters is 2. The SMILES string of the molecule is CCOc1ccc([C@@H]2[C@@H](C(=O)OC)C(O)=C(C(=O)OC)[C@H](c3ccc(C#N)cc3)C2(C#N)C#N)cc1. The zero-order valence-electron chi connectivity index (χ0n) is 19.9. The van der Waals surface area contributed by atoms with Crippen LogP contribution in [0.1, 0.15) is 35.4 Å². The molecule has 9 nitrogen and oxygen atoms in total. The number of aliphatic hydroxyl groups excluding tert-OH is 1. The number of carbonyl (C=O) groups is 2. The maximum absolute atomic E-state index is 13.0. The Hall–Kier alpha value is -4.81. The van der Waals surface area contributed by atoms with Gasteiger partial charge < -0.3 is 19.3 Å². The van der Waals surface area contributed by atoms with Gasteiger partial charge in [0.05, 0.1) is 56.1 Å². The van der Waals surface area contributed by atoms with Crippen molar-refractivity contribution in [1.29, 1.82) is 15.8 Å². The summed E-state index contributed by atoms with van der Waals surface area (Å²) in [5, 5.41) is 41.6. The molecular formula is C27H23N3O6. The molecule has 0 spiro atoms. The van der Waals surface area contributed by atoms with Crippen LogP contribution in [0.5, 0.6) is 5.75 Å². The first kappa shape index (κ1) is 25.8. The quantitative estimate of drug-likeness (QED) is 0.604. The van der Waals surface area contributed by atoms with Crippen LogP contribution in [0, 0.1) is 45.3 Å². The van der Waals surface area contributed by atoms with Crippen LogP contribution in [0.25, 0.3) is 0 Å². The fraction of sp³-hybridized carbons (Fsp3) is 0.296. The van der Waals surface area contributed by atoms with E-state index in [0.717, 1.165) is 14.2 Å². The van der Waals surface area contributed by atoms with E-state index in [9.17, 15) is 30.5 Å². The van der Waals surface area contributed by atoms with E-state index in [2.05, 4.69) is 12.1 Å². The lowest BCUT2D eigenvalue weighted by molar-refractivity contribution is -0.147. The normalized spacial score (nSPS) is 20.3. The van der Waals surface area contributed by atoms with Crippen molar-refractivity contribution in [3.63, 3.8) is 0 Å². The molecular weight excluding hydrogens is 462 g/mol. The fourth-order valence-corrected chi connectivity index (χ4v) is 4.72. The number of rotatable bonds is 6. The number of hydrogen-bond donors (Lipinski definition) is 1. The van der Waals surface area contributed by atoms with Crippen molar-refractivity contribution in [3.8, 4) is 24.0 Å². The Morgan fingerprint density at radius 3 is 2.00 bits per heavy atom. The third kappa shape index (κ3) is 4.21. The summed E-state index contributed by atoms with van der Waals surface area (Å²) >= 11 is 0. The van der Waals surface area contributed by atoms with Crippen LogP contribution >= 0.6 is 0 Å². The zero-order valence-corrected chi connectivity index (χ0v) is 19.9. The van der Waals surface area contributed by atoms with Crippen LogP contribution in [0.4, 0.5) is 0 Å². The van der Waals surface area contributed by atoms with Gasteiger partial charge in [-0.2, -0.15) is 15.8 Å². The molecule has 182 valence electrons. The minimum Gasteiger partial charge on any atom is -0.511 e. The van der Waals surface area contributed by atoms with Gasteiger partial charge >= 0.3 is 11.9 Å². The molecule has 2 aromatic carbocycles. The molecule has 9 heteroatoms. The number of benzene rings is 2. The molecule has 0 unspecified atom stereocenters. The first-order chi connectivity index (χ1) is 17.3. The maximum atomic E-state index is 13.0. The summed E-state index contributed by atoms with van der Waals surface area (Å²) in [5.41, 5.74) is -1.45. The highest BCUT2D eigenvalue weighted by molar-refractivity contribution is 5.94. The van der Waals surface area contributed by atoms with Crippen LogP contribution in [0.2, 0.25) is 0 Å². The van der Waals surface area contributed by atoms with E-state index in [4.69, 9.17) is 14.2 Å². The summed E-state index contributed by atoms with van der Waals surface area (Å²) in [6.07, 6.45) is 0. The molecule has 1 aliphatic rings. The lowest BCUT2D eigenvalue weighted by Crippen LogP contribution is -2.47. The van der Waals surface area contributed by atoms with Gasteiger partial charge in [-0.05, 0) is 42.3 Å². The zero-order chi connectivity index (χ0) is 26.5. The smallest absolute Gasteiger partial charge is 0.337 e. The molecule has 0 aromatic heterocycles. The minimum atomic E-state index is -2.06. The summed E-state index contributed by atoms with van der Waals surface area (Å²) in [5.74, 6) is -6.14. The summed E-state index contributed by atoms with van der Waals surface area (Å²) in [6.45, 7) is 2.23. The molecule has 0 amide bonds. The van der Waals surface area contributed by atoms with E-state index in [1.165, 1.54) is 24.3 Å². The average Bonchev–Trinajstić information content (AvgIpc) is 2.92. The average molecular weight is 485 g/mol. The number of nitrogens with zero attached hydrogens (tertiary/aromatic N) is 3. The van der Waals surface area contributed by atoms with Crippen LogP contribution in [0.3, 0.4) is 0 Å². The van der Waals surface area contributed by atoms with E-state index in [0.29, 0.717) is 29.0 Å². The molecule has 0 heterocycles. The molecule has 0 fully saturated rings. The van der Waals surface area contributed by atoms with Gasteiger partial charge in [0.25, 0.3) is 0 Å². The van der Waals surface area contributed by atoms with Gasteiger partial charge in [0.15, 0.2) is 5.41 Å². The van der Waals surface area contributed by atoms with E-state index in [1.807, 2.05) is 13.0 Å². The molecule has 3 rings (SSSR count). The molecule has 1 aliphatic carbocycles. The lowest BCUT2D eigenvalue weighted by Gasteiger charge is -2.44. The summed E-state index contributed by atoms with van der Waals surface area (Å²) in [7, 11) is 2.19. The minimum absolute atomic E-state index is 0.309. The lowest BCUT2D eigenvalue weighted by atomic mass is 9.54. The number of aliphatic hydroxyl groups is 1. The number of hydrogen-bond acceptors (Lipinski definition) is 9. The second-order valence-electron chi connectivity index (χ2n) is 8.03. The van der Waals surface area contributed by atoms with Gasteiger partial charge in [-0.15, -0.1) is 0 Å². The van der Waals surface area contributed by atoms with Crippen molar-refractivity contribution >= 4 is 11.9 Å². The number of nitriles is 3. The predicted octanol–water partition coefficient (Wildman–Crippen LogP) is 3.65. The molecule has 0 aliphatic heterocycles. The van der Waals surface area contributed by atoms with Gasteiger partial charge in [-0.3, -0.25) is 4.79 Å². The Morgan fingerprint density at radius 2 is 1.53 bits per heavy atom. The van der Waals surface area contributed by atoms with E-state index in [1.54, 1.807) is 24.3 Å². The van der Waals surface area contributed by atoms with Crippen LogP contribution in [-0.4, -0.2) is 37.9 Å².